The summed E-state index contributed by atoms with van der Waals surface area (Å²) in [5, 5.41) is 1.90. The van der Waals surface area contributed by atoms with Crippen LogP contribution in [0.2, 0.25) is 10.3 Å². The van der Waals surface area contributed by atoms with Crippen molar-refractivity contribution in [1.82, 2.24) is 9.97 Å². The van der Waals surface area contributed by atoms with Crippen LogP contribution in [-0.4, -0.2) is 21.3 Å². The zero-order chi connectivity index (χ0) is 10.7. The van der Waals surface area contributed by atoms with Gasteiger partial charge in [0.15, 0.2) is 10.3 Å². The van der Waals surface area contributed by atoms with Gasteiger partial charge >= 0.3 is 0 Å². The molecule has 0 bridgehead atoms. The molecule has 1 unspecified atom stereocenters. The maximum Gasteiger partial charge on any atom is 0.242 e. The Morgan fingerprint density at radius 1 is 1.43 bits per heavy atom. The monoisotopic (exact) mass is 253 g/mol. The van der Waals surface area contributed by atoms with Crippen LogP contribution >= 0.6 is 34.8 Å². The highest BCUT2D eigenvalue weighted by Gasteiger charge is 2.14. The van der Waals surface area contributed by atoms with Crippen LogP contribution in [-0.2, 0) is 4.79 Å². The average Bonchev–Trinajstić information content (AvgIpc) is 2.11. The molecule has 1 aromatic heterocycles. The molecule has 0 radical (unpaired) electrons. The van der Waals surface area contributed by atoms with E-state index in [0.717, 1.165) is 0 Å². The van der Waals surface area contributed by atoms with Gasteiger partial charge in [0.05, 0.1) is 0 Å². The molecule has 0 fully saturated rings. The molecule has 1 rings (SSSR count). The molecule has 0 aliphatic rings. The zero-order valence-corrected chi connectivity index (χ0v) is 9.36. The van der Waals surface area contributed by atoms with E-state index in [4.69, 9.17) is 34.8 Å². The van der Waals surface area contributed by atoms with Gasteiger partial charge in [0, 0.05) is 0 Å². The molecule has 76 valence electrons. The van der Waals surface area contributed by atoms with Gasteiger partial charge in [-0.3, -0.25) is 4.79 Å². The van der Waals surface area contributed by atoms with E-state index in [1.54, 1.807) is 0 Å². The molecule has 1 heterocycles. The first kappa shape index (κ1) is 11.5. The summed E-state index contributed by atoms with van der Waals surface area (Å²) >= 11 is 16.9. The third kappa shape index (κ3) is 2.70. The Morgan fingerprint density at radius 3 is 2.36 bits per heavy atom. The normalized spacial score (nSPS) is 12.3. The van der Waals surface area contributed by atoms with Crippen molar-refractivity contribution in [2.75, 3.05) is 5.32 Å². The number of carbonyl (C=O) groups excluding carboxylic acids is 1. The first-order valence-corrected chi connectivity index (χ1v) is 4.82. The Labute approximate surface area is 95.6 Å². The molecule has 1 atom stereocenters. The highest BCUT2D eigenvalue weighted by Crippen LogP contribution is 2.25. The van der Waals surface area contributed by atoms with Crippen molar-refractivity contribution in [1.29, 1.82) is 0 Å². The highest BCUT2D eigenvalue weighted by atomic mass is 35.5. The van der Waals surface area contributed by atoms with Crippen LogP contribution < -0.4 is 5.32 Å². The van der Waals surface area contributed by atoms with Gasteiger partial charge in [-0.1, -0.05) is 23.2 Å². The molecular weight excluding hydrogens is 248 g/mol. The predicted molar refractivity (Wildman–Crippen MR) is 56.0 cm³/mol. The first-order chi connectivity index (χ1) is 6.52. The first-order valence-electron chi connectivity index (χ1n) is 3.63. The molecule has 0 spiro atoms. The highest BCUT2D eigenvalue weighted by molar-refractivity contribution is 6.39. The standard InChI is InChI=1S/C7H6Cl3N3O/c1-3(8)7(14)13-4-5(9)11-2-12-6(4)10/h2-3H,1H3,(H,13,14). The third-order valence-corrected chi connectivity index (χ3v) is 2.14. The summed E-state index contributed by atoms with van der Waals surface area (Å²) < 4.78 is 0. The van der Waals surface area contributed by atoms with Gasteiger partial charge in [0.2, 0.25) is 5.91 Å². The lowest BCUT2D eigenvalue weighted by atomic mass is 10.4. The molecular formula is C7H6Cl3N3O. The Bertz CT molecular complexity index is 336. The van der Waals surface area contributed by atoms with Gasteiger partial charge in [0.25, 0.3) is 0 Å². The topological polar surface area (TPSA) is 54.9 Å². The number of aromatic nitrogens is 2. The summed E-state index contributed by atoms with van der Waals surface area (Å²) in [5.74, 6) is -0.412. The summed E-state index contributed by atoms with van der Waals surface area (Å²) in [5.41, 5.74) is 0.174. The number of hydrogen-bond donors (Lipinski definition) is 1. The van der Waals surface area contributed by atoms with Gasteiger partial charge in [0.1, 0.15) is 17.4 Å². The van der Waals surface area contributed by atoms with Crippen molar-refractivity contribution in [2.45, 2.75) is 12.3 Å². The Balaban J connectivity index is 2.91. The number of alkyl halides is 1. The lowest BCUT2D eigenvalue weighted by Crippen LogP contribution is -2.21. The molecule has 7 heteroatoms. The van der Waals surface area contributed by atoms with E-state index in [2.05, 4.69) is 15.3 Å². The summed E-state index contributed by atoms with van der Waals surface area (Å²) in [4.78, 5) is 18.5. The SMILES string of the molecule is CC(Cl)C(=O)Nc1c(Cl)ncnc1Cl. The van der Waals surface area contributed by atoms with E-state index in [-0.39, 0.29) is 16.0 Å². The van der Waals surface area contributed by atoms with Crippen molar-refractivity contribution in [3.05, 3.63) is 16.6 Å². The number of anilines is 1. The Hall–Kier alpha value is -0.580. The minimum atomic E-state index is -0.678. The van der Waals surface area contributed by atoms with E-state index in [0.29, 0.717) is 0 Å². The molecule has 1 N–H and O–H groups in total. The van der Waals surface area contributed by atoms with Crippen LogP contribution in [0.4, 0.5) is 5.69 Å². The lowest BCUT2D eigenvalue weighted by molar-refractivity contribution is -0.115. The maximum absolute atomic E-state index is 11.2. The van der Waals surface area contributed by atoms with Crippen LogP contribution in [0.25, 0.3) is 0 Å². The molecule has 1 aromatic rings. The molecule has 4 nitrogen and oxygen atoms in total. The van der Waals surface area contributed by atoms with Crippen molar-refractivity contribution in [3.63, 3.8) is 0 Å². The smallest absolute Gasteiger partial charge is 0.242 e. The van der Waals surface area contributed by atoms with Gasteiger partial charge in [-0.15, -0.1) is 11.6 Å². The van der Waals surface area contributed by atoms with Crippen LogP contribution in [0, 0.1) is 0 Å². The third-order valence-electron chi connectivity index (χ3n) is 1.36. The second kappa shape index (κ2) is 4.77. The number of rotatable bonds is 2. The van der Waals surface area contributed by atoms with E-state index in [1.165, 1.54) is 13.3 Å². The summed E-state index contributed by atoms with van der Waals surface area (Å²) in [6.07, 6.45) is 1.20. The summed E-state index contributed by atoms with van der Waals surface area (Å²) in [6, 6.07) is 0. The summed E-state index contributed by atoms with van der Waals surface area (Å²) in [6.45, 7) is 1.53. The Morgan fingerprint density at radius 2 is 1.93 bits per heavy atom. The molecule has 0 saturated carbocycles. The van der Waals surface area contributed by atoms with Crippen LogP contribution in [0.3, 0.4) is 0 Å². The fourth-order valence-electron chi connectivity index (χ4n) is 0.670. The average molecular weight is 255 g/mol. The number of nitrogens with one attached hydrogen (secondary N) is 1. The molecule has 0 aliphatic heterocycles. The number of halogens is 3. The molecule has 1 amide bonds. The zero-order valence-electron chi connectivity index (χ0n) is 7.09. The van der Waals surface area contributed by atoms with E-state index < -0.39 is 11.3 Å². The second-order valence-corrected chi connectivity index (χ2v) is 3.81. The number of amides is 1. The predicted octanol–water partition coefficient (Wildman–Crippen LogP) is 2.35. The van der Waals surface area contributed by atoms with Crippen LogP contribution in [0.1, 0.15) is 6.92 Å². The van der Waals surface area contributed by atoms with Crippen molar-refractivity contribution in [2.24, 2.45) is 0 Å². The minimum absolute atomic E-state index is 0.0793. The van der Waals surface area contributed by atoms with Crippen molar-refractivity contribution < 1.29 is 4.79 Å². The van der Waals surface area contributed by atoms with Gasteiger partial charge in [-0.05, 0) is 6.92 Å². The van der Waals surface area contributed by atoms with Gasteiger partial charge in [-0.2, -0.15) is 0 Å². The molecule has 0 saturated heterocycles. The molecule has 0 aliphatic carbocycles. The lowest BCUT2D eigenvalue weighted by Gasteiger charge is -2.08. The van der Waals surface area contributed by atoms with E-state index in [9.17, 15) is 4.79 Å². The van der Waals surface area contributed by atoms with Crippen molar-refractivity contribution >= 4 is 46.4 Å². The van der Waals surface area contributed by atoms with E-state index in [1.807, 2.05) is 0 Å². The van der Waals surface area contributed by atoms with Gasteiger partial charge in [-0.25, -0.2) is 9.97 Å². The van der Waals surface area contributed by atoms with Crippen molar-refractivity contribution in [3.8, 4) is 0 Å². The summed E-state index contributed by atoms with van der Waals surface area (Å²) in [7, 11) is 0. The quantitative estimate of drug-likeness (QED) is 0.651. The largest absolute Gasteiger partial charge is 0.320 e. The van der Waals surface area contributed by atoms with E-state index >= 15 is 0 Å². The fourth-order valence-corrected chi connectivity index (χ4v) is 1.13. The fraction of sp³-hybridized carbons (Fsp3) is 0.286. The van der Waals surface area contributed by atoms with Crippen LogP contribution in [0.5, 0.6) is 0 Å². The maximum atomic E-state index is 11.2. The second-order valence-electron chi connectivity index (χ2n) is 2.44. The molecule has 0 aromatic carbocycles. The van der Waals surface area contributed by atoms with Crippen LogP contribution in [0.15, 0.2) is 6.33 Å². The number of carbonyl (C=O) groups is 1. The number of hydrogen-bond acceptors (Lipinski definition) is 3. The minimum Gasteiger partial charge on any atom is -0.320 e. The molecule has 14 heavy (non-hydrogen) atoms. The van der Waals surface area contributed by atoms with Gasteiger partial charge < -0.3 is 5.32 Å². The number of nitrogens with zero attached hydrogens (tertiary/aromatic N) is 2. The Kier molecular flexibility index (Phi) is 3.92.